The lowest BCUT2D eigenvalue weighted by Crippen LogP contribution is -2.09. The number of para-hydroxylation sites is 1. The van der Waals surface area contributed by atoms with Gasteiger partial charge in [-0.3, -0.25) is 0 Å². The Balaban J connectivity index is 1.80. The highest BCUT2D eigenvalue weighted by Crippen LogP contribution is 2.43. The van der Waals surface area contributed by atoms with Crippen LogP contribution in [0.25, 0.3) is 22.2 Å². The van der Waals surface area contributed by atoms with Gasteiger partial charge >= 0.3 is 0 Å². The minimum absolute atomic E-state index is 0.0210. The highest BCUT2D eigenvalue weighted by Gasteiger charge is 2.23. The van der Waals surface area contributed by atoms with Crippen molar-refractivity contribution < 1.29 is 18.3 Å². The zero-order chi connectivity index (χ0) is 23.8. The number of aliphatic hydroxyl groups is 1. The van der Waals surface area contributed by atoms with Gasteiger partial charge in [0.25, 0.3) is 0 Å². The summed E-state index contributed by atoms with van der Waals surface area (Å²) in [5.41, 5.74) is 3.21. The molecule has 0 amide bonds. The van der Waals surface area contributed by atoms with E-state index < -0.39 is 15.8 Å². The Morgan fingerprint density at radius 3 is 2.45 bits per heavy atom. The highest BCUT2D eigenvalue weighted by molar-refractivity contribution is 7.91. The molecule has 1 heterocycles. The van der Waals surface area contributed by atoms with Crippen molar-refractivity contribution in [3.05, 3.63) is 76.0 Å². The SMILES string of the molecule is CCS(=O)(=O)c1ccc(C(CO)c2nc3c(Cl)c(-c4ccccc4OC)c(Cl)cc3[nH]2)cc1. The Morgan fingerprint density at radius 1 is 1.12 bits per heavy atom. The molecule has 172 valence electrons. The molecule has 0 saturated heterocycles. The maximum Gasteiger partial charge on any atom is 0.178 e. The largest absolute Gasteiger partial charge is 0.496 e. The molecule has 3 aromatic carbocycles. The second-order valence-electron chi connectivity index (χ2n) is 7.47. The van der Waals surface area contributed by atoms with E-state index in [1.165, 1.54) is 0 Å². The number of nitrogens with zero attached hydrogens (tertiary/aromatic N) is 1. The van der Waals surface area contributed by atoms with Gasteiger partial charge in [-0.15, -0.1) is 0 Å². The molecule has 2 N–H and O–H groups in total. The minimum Gasteiger partial charge on any atom is -0.496 e. The third-order valence-corrected chi connectivity index (χ3v) is 8.01. The van der Waals surface area contributed by atoms with Crippen LogP contribution < -0.4 is 4.74 Å². The summed E-state index contributed by atoms with van der Waals surface area (Å²) in [6, 6.07) is 15.6. The molecule has 0 aliphatic rings. The van der Waals surface area contributed by atoms with Gasteiger partial charge in [0.1, 0.15) is 17.1 Å². The number of hydrogen-bond acceptors (Lipinski definition) is 5. The van der Waals surface area contributed by atoms with E-state index in [-0.39, 0.29) is 17.3 Å². The van der Waals surface area contributed by atoms with Gasteiger partial charge in [-0.25, -0.2) is 13.4 Å². The lowest BCUT2D eigenvalue weighted by molar-refractivity contribution is 0.277. The number of hydrogen-bond donors (Lipinski definition) is 2. The number of sulfone groups is 1. The molecule has 0 bridgehead atoms. The molecule has 0 saturated carbocycles. The first-order valence-electron chi connectivity index (χ1n) is 10.2. The number of methoxy groups -OCH3 is 1. The number of ether oxygens (including phenoxy) is 1. The molecule has 1 atom stereocenters. The van der Waals surface area contributed by atoms with Gasteiger partial charge < -0.3 is 14.8 Å². The molecule has 0 spiro atoms. The molecule has 6 nitrogen and oxygen atoms in total. The number of rotatable bonds is 7. The minimum atomic E-state index is -3.31. The molecule has 1 aromatic heterocycles. The molecule has 9 heteroatoms. The van der Waals surface area contributed by atoms with Crippen molar-refractivity contribution in [2.24, 2.45) is 0 Å². The van der Waals surface area contributed by atoms with E-state index in [4.69, 9.17) is 27.9 Å². The number of H-pyrrole nitrogens is 1. The molecule has 1 unspecified atom stereocenters. The quantitative estimate of drug-likeness (QED) is 0.348. The summed E-state index contributed by atoms with van der Waals surface area (Å²) in [6.07, 6.45) is 0. The summed E-state index contributed by atoms with van der Waals surface area (Å²) in [5, 5.41) is 10.9. The lowest BCUT2D eigenvalue weighted by Gasteiger charge is -2.12. The number of aromatic nitrogens is 2. The van der Waals surface area contributed by atoms with E-state index in [1.807, 2.05) is 24.3 Å². The average molecular weight is 505 g/mol. The van der Waals surface area contributed by atoms with Crippen LogP contribution in [0.4, 0.5) is 0 Å². The van der Waals surface area contributed by atoms with Crippen LogP contribution in [-0.4, -0.2) is 43.0 Å². The second-order valence-corrected chi connectivity index (χ2v) is 10.5. The van der Waals surface area contributed by atoms with Crippen LogP contribution in [0, 0.1) is 0 Å². The van der Waals surface area contributed by atoms with Gasteiger partial charge in [-0.05, 0) is 29.8 Å². The second kappa shape index (κ2) is 9.35. The third-order valence-electron chi connectivity index (χ3n) is 5.60. The Morgan fingerprint density at radius 2 is 1.82 bits per heavy atom. The fraction of sp³-hybridized carbons (Fsp3) is 0.208. The van der Waals surface area contributed by atoms with Crippen molar-refractivity contribution in [3.63, 3.8) is 0 Å². The zero-order valence-electron chi connectivity index (χ0n) is 18.0. The van der Waals surface area contributed by atoms with E-state index in [0.29, 0.717) is 38.2 Å². The Kier molecular flexibility index (Phi) is 6.68. The van der Waals surface area contributed by atoms with E-state index in [9.17, 15) is 13.5 Å². The van der Waals surface area contributed by atoms with Crippen LogP contribution in [0.1, 0.15) is 24.2 Å². The van der Waals surface area contributed by atoms with E-state index in [1.54, 1.807) is 44.4 Å². The summed E-state index contributed by atoms with van der Waals surface area (Å²) >= 11 is 13.3. The van der Waals surface area contributed by atoms with Crippen molar-refractivity contribution in [2.45, 2.75) is 17.7 Å². The summed E-state index contributed by atoms with van der Waals surface area (Å²) in [6.45, 7) is 1.37. The molecule has 4 aromatic rings. The first-order chi connectivity index (χ1) is 15.8. The molecule has 0 aliphatic heterocycles. The van der Waals surface area contributed by atoms with Gasteiger partial charge in [0.05, 0.1) is 45.8 Å². The van der Waals surface area contributed by atoms with Crippen LogP contribution in [0.5, 0.6) is 5.75 Å². The molecule has 0 aliphatic carbocycles. The molecule has 4 rings (SSSR count). The molecular formula is C24H22Cl2N2O4S. The normalized spacial score (nSPS) is 12.8. The fourth-order valence-electron chi connectivity index (χ4n) is 3.79. The number of benzene rings is 3. The van der Waals surface area contributed by atoms with E-state index >= 15 is 0 Å². The summed E-state index contributed by atoms with van der Waals surface area (Å²) in [4.78, 5) is 8.11. The first kappa shape index (κ1) is 23.6. The first-order valence-corrected chi connectivity index (χ1v) is 12.7. The lowest BCUT2D eigenvalue weighted by atomic mass is 9.99. The Bertz CT molecular complexity index is 1420. The van der Waals surface area contributed by atoms with Crippen LogP contribution in [0.15, 0.2) is 59.5 Å². The van der Waals surface area contributed by atoms with Crippen molar-refractivity contribution in [3.8, 4) is 16.9 Å². The van der Waals surface area contributed by atoms with Crippen LogP contribution >= 0.6 is 23.2 Å². The standard InChI is InChI=1S/C24H22Cl2N2O4S/c1-3-33(30,31)15-10-8-14(9-11-15)17(13-29)24-27-19-12-18(25)21(22(26)23(19)28-24)16-6-4-5-7-20(16)32-2/h4-12,17,29H,3,13H2,1-2H3,(H,27,28). The predicted octanol–water partition coefficient (Wildman–Crippen LogP) is 5.46. The van der Waals surface area contributed by atoms with Gasteiger partial charge in [-0.2, -0.15) is 0 Å². The average Bonchev–Trinajstić information content (AvgIpc) is 3.24. The topological polar surface area (TPSA) is 92.3 Å². The van der Waals surface area contributed by atoms with Crippen LogP contribution in [0.2, 0.25) is 10.0 Å². The predicted molar refractivity (Wildman–Crippen MR) is 131 cm³/mol. The van der Waals surface area contributed by atoms with Crippen molar-refractivity contribution in [2.75, 3.05) is 19.5 Å². The maximum atomic E-state index is 12.1. The van der Waals surface area contributed by atoms with Crippen LogP contribution in [-0.2, 0) is 9.84 Å². The van der Waals surface area contributed by atoms with E-state index in [0.717, 1.165) is 11.1 Å². The molecule has 0 radical (unpaired) electrons. The van der Waals surface area contributed by atoms with Crippen molar-refractivity contribution in [1.82, 2.24) is 9.97 Å². The summed E-state index contributed by atoms with van der Waals surface area (Å²) < 4.78 is 29.7. The Hall–Kier alpha value is -2.58. The van der Waals surface area contributed by atoms with E-state index in [2.05, 4.69) is 9.97 Å². The van der Waals surface area contributed by atoms with Crippen LogP contribution in [0.3, 0.4) is 0 Å². The van der Waals surface area contributed by atoms with Gasteiger partial charge in [-0.1, -0.05) is 60.5 Å². The number of fused-ring (bicyclic) bond motifs is 1. The zero-order valence-corrected chi connectivity index (χ0v) is 20.3. The van der Waals surface area contributed by atoms with Crippen molar-refractivity contribution in [1.29, 1.82) is 0 Å². The molecular weight excluding hydrogens is 483 g/mol. The monoisotopic (exact) mass is 504 g/mol. The third kappa shape index (κ3) is 4.34. The van der Waals surface area contributed by atoms with Gasteiger partial charge in [0.15, 0.2) is 9.84 Å². The number of aliphatic hydroxyl groups excluding tert-OH is 1. The number of nitrogens with one attached hydrogen (secondary N) is 1. The summed E-state index contributed by atoms with van der Waals surface area (Å²) in [5.74, 6) is 0.647. The maximum absolute atomic E-state index is 12.1. The highest BCUT2D eigenvalue weighted by atomic mass is 35.5. The van der Waals surface area contributed by atoms with Crippen molar-refractivity contribution >= 4 is 44.1 Å². The number of halogens is 2. The summed E-state index contributed by atoms with van der Waals surface area (Å²) in [7, 11) is -1.73. The fourth-order valence-corrected chi connectivity index (χ4v) is 5.37. The number of imidazole rings is 1. The van der Waals surface area contributed by atoms with Gasteiger partial charge in [0.2, 0.25) is 0 Å². The molecule has 0 fully saturated rings. The number of aromatic amines is 1. The Labute approximate surface area is 202 Å². The van der Waals surface area contributed by atoms with Gasteiger partial charge in [0, 0.05) is 11.1 Å². The molecule has 33 heavy (non-hydrogen) atoms. The smallest absolute Gasteiger partial charge is 0.178 e.